The van der Waals surface area contributed by atoms with E-state index >= 15 is 0 Å². The summed E-state index contributed by atoms with van der Waals surface area (Å²) in [6, 6.07) is 36.4. The van der Waals surface area contributed by atoms with Gasteiger partial charge in [-0.15, -0.1) is 0 Å². The fourth-order valence-corrected chi connectivity index (χ4v) is 13.0. The Bertz CT molecular complexity index is 3410. The van der Waals surface area contributed by atoms with Gasteiger partial charge in [0.1, 0.15) is 97.6 Å². The number of likely N-dealkylation sites (tertiary alicyclic amines) is 1. The van der Waals surface area contributed by atoms with Crippen LogP contribution < -0.4 is 23.8 Å². The molecule has 0 spiro atoms. The summed E-state index contributed by atoms with van der Waals surface area (Å²) in [5, 5.41) is 52.3. The van der Waals surface area contributed by atoms with Crippen molar-refractivity contribution < 1.29 is 92.1 Å². The first-order valence-corrected chi connectivity index (χ1v) is 30.9. The summed E-state index contributed by atoms with van der Waals surface area (Å²) in [5.74, 6) is -1.47. The number of hydrogen-bond donors (Lipinski definition) is 5. The van der Waals surface area contributed by atoms with Crippen LogP contribution in [0.3, 0.4) is 0 Å². The molecule has 5 N–H and O–H groups in total. The van der Waals surface area contributed by atoms with E-state index in [0.717, 1.165) is 27.2 Å². The Hall–Kier alpha value is -7.54. The van der Waals surface area contributed by atoms with Gasteiger partial charge in [0.05, 0.1) is 81.2 Å². The number of hydrogen-bond acceptors (Lipinski definition) is 19. The van der Waals surface area contributed by atoms with E-state index in [0.29, 0.717) is 41.7 Å². The molecule has 6 aliphatic rings. The number of phenolic OH excluding ortho intramolecular Hbond substituents is 1. The highest BCUT2D eigenvalue weighted by molar-refractivity contribution is 6.23. The smallest absolute Gasteiger partial charge is 0.241 e. The molecule has 5 aromatic carbocycles. The Kier molecular flexibility index (Phi) is 19.5. The zero-order valence-corrected chi connectivity index (χ0v) is 51.7. The number of rotatable bonds is 33. The number of nitrogens with zero attached hydrogens (tertiary/aromatic N) is 2. The second-order valence-electron chi connectivity index (χ2n) is 25.3. The Morgan fingerprint density at radius 3 is 1.19 bits per heavy atom. The van der Waals surface area contributed by atoms with E-state index < -0.39 is 82.8 Å². The van der Waals surface area contributed by atoms with Crippen LogP contribution in [0.1, 0.15) is 63.3 Å². The first-order chi connectivity index (χ1) is 43.7. The van der Waals surface area contributed by atoms with E-state index in [4.69, 9.17) is 47.4 Å². The van der Waals surface area contributed by atoms with E-state index in [1.54, 1.807) is 12.2 Å². The van der Waals surface area contributed by atoms with Crippen LogP contribution in [-0.2, 0) is 58.4 Å². The average Bonchev–Trinajstić information content (AvgIpc) is 1.55. The number of fused-ring (bicyclic) bond motifs is 10. The van der Waals surface area contributed by atoms with Crippen molar-refractivity contribution in [2.24, 2.45) is 23.7 Å². The number of aliphatic hydroxyl groups is 4. The molecule has 484 valence electrons. The number of carbonyl (C=O) groups is 4. The molecule has 21 nitrogen and oxygen atoms in total. The second-order valence-corrected chi connectivity index (χ2v) is 25.3. The molecule has 0 saturated carbocycles. The van der Waals surface area contributed by atoms with Gasteiger partial charge in [0.25, 0.3) is 0 Å². The van der Waals surface area contributed by atoms with Crippen LogP contribution in [0.25, 0.3) is 0 Å². The van der Waals surface area contributed by atoms with Gasteiger partial charge in [-0.25, -0.2) is 4.90 Å². The average molecular weight is 1250 g/mol. The Balaban J connectivity index is 0.530. The van der Waals surface area contributed by atoms with E-state index in [9.17, 15) is 44.7 Å². The number of imide groups is 2. The van der Waals surface area contributed by atoms with Gasteiger partial charge >= 0.3 is 0 Å². The van der Waals surface area contributed by atoms with Gasteiger partial charge in [0, 0.05) is 17.4 Å². The highest BCUT2D eigenvalue weighted by atomic mass is 16.7. The zero-order valence-electron chi connectivity index (χ0n) is 51.7. The molecule has 6 heterocycles. The summed E-state index contributed by atoms with van der Waals surface area (Å²) in [4.78, 5) is 55.6. The summed E-state index contributed by atoms with van der Waals surface area (Å²) in [7, 11) is 0. The van der Waals surface area contributed by atoms with Crippen molar-refractivity contribution in [1.82, 2.24) is 4.90 Å². The number of aromatic hydroxyl groups is 1. The predicted molar refractivity (Wildman–Crippen MR) is 329 cm³/mol. The molecule has 4 amide bonds. The van der Waals surface area contributed by atoms with Gasteiger partial charge < -0.3 is 72.9 Å². The number of carbonyl (C=O) groups excluding carboxylic acids is 4. The Morgan fingerprint density at radius 2 is 0.813 bits per heavy atom. The van der Waals surface area contributed by atoms with E-state index in [2.05, 4.69) is 27.7 Å². The number of amides is 4. The van der Waals surface area contributed by atoms with Crippen LogP contribution >= 0.6 is 0 Å². The molecule has 4 bridgehead atoms. The largest absolute Gasteiger partial charge is 0.508 e. The summed E-state index contributed by atoms with van der Waals surface area (Å²) >= 11 is 0. The minimum atomic E-state index is -1.14. The van der Waals surface area contributed by atoms with Crippen LogP contribution in [0.5, 0.6) is 28.7 Å². The molecule has 11 rings (SSSR count). The molecule has 21 heteroatoms. The summed E-state index contributed by atoms with van der Waals surface area (Å²) in [6.07, 6.45) is 3.08. The lowest BCUT2D eigenvalue weighted by molar-refractivity contribution is -0.146. The molecule has 4 saturated heterocycles. The van der Waals surface area contributed by atoms with Crippen molar-refractivity contribution in [3.63, 3.8) is 0 Å². The summed E-state index contributed by atoms with van der Waals surface area (Å²) in [6.45, 7) is 10.2. The van der Waals surface area contributed by atoms with E-state index in [-0.39, 0.29) is 102 Å². The maximum absolute atomic E-state index is 13.6. The third kappa shape index (κ3) is 13.7. The molecule has 91 heavy (non-hydrogen) atoms. The zero-order chi connectivity index (χ0) is 64.2. The van der Waals surface area contributed by atoms with Crippen molar-refractivity contribution in [2.75, 3.05) is 84.3 Å². The SMILES string of the molecule is CCCN1C(=O)C2C3C=CC(COCC(O)COc4ccc(C(C)(C)c5ccc(OCC(O)COCOCC(O)COc6ccc(C(C)(C)c7ccc(OCC(O)COCC89C=CC(O8)C8C(=O)N(c%10ccc(O)cc%10)C(=O)C89)cc7)cc6)cc5)cc4)(O3)C2C1=O. The lowest BCUT2D eigenvalue weighted by atomic mass is 9.77. The van der Waals surface area contributed by atoms with E-state index in [1.807, 2.05) is 116 Å². The Morgan fingerprint density at radius 1 is 0.462 bits per heavy atom. The molecular formula is C70H80N2O19. The topological polar surface area (TPSA) is 268 Å². The van der Waals surface area contributed by atoms with Crippen LogP contribution in [0.2, 0.25) is 0 Å². The fourth-order valence-electron chi connectivity index (χ4n) is 13.0. The predicted octanol–water partition coefficient (Wildman–Crippen LogP) is 5.96. The number of ether oxygens (including phenoxy) is 10. The van der Waals surface area contributed by atoms with Crippen LogP contribution in [-0.4, -0.2) is 181 Å². The molecular weight excluding hydrogens is 1170 g/mol. The quantitative estimate of drug-likeness (QED) is 0.0140. The highest BCUT2D eigenvalue weighted by Crippen LogP contribution is 2.54. The molecule has 5 aromatic rings. The monoisotopic (exact) mass is 1250 g/mol. The number of benzene rings is 5. The summed E-state index contributed by atoms with van der Waals surface area (Å²) < 4.78 is 58.5. The van der Waals surface area contributed by atoms with Gasteiger partial charge in [-0.05, 0) is 101 Å². The minimum Gasteiger partial charge on any atom is -0.508 e. The lowest BCUT2D eigenvalue weighted by Gasteiger charge is -2.29. The molecule has 0 aliphatic carbocycles. The van der Waals surface area contributed by atoms with Crippen LogP contribution in [0.15, 0.2) is 146 Å². The Labute approximate surface area is 528 Å². The standard InChI is InChI=1S/C70H80N2O19/c1-6-31-71-63(78)59-57-27-29-69(90-57,61(59)65(71)80)40-82-32-49(74)36-86-53-19-7-43(8-20-53)67(2,3)45-11-23-55(24-12-45)88-38-51(76)34-84-42-85-35-52(77)39-89-56-25-13-46(14-26-56)68(4,5)44-9-21-54(22-10-44)87-37-50(75)33-83-41-70-30-28-58(91-70)60-62(70)66(81)72(64(60)79)47-15-17-48(73)18-16-47/h7-30,49-52,57-62,73-77H,6,31-42H2,1-5H3. The molecule has 6 aliphatic heterocycles. The van der Waals surface area contributed by atoms with Gasteiger partial charge in [-0.2, -0.15) is 0 Å². The van der Waals surface area contributed by atoms with Gasteiger partial charge in [-0.3, -0.25) is 24.1 Å². The van der Waals surface area contributed by atoms with Crippen LogP contribution in [0.4, 0.5) is 5.69 Å². The third-order valence-corrected chi connectivity index (χ3v) is 18.1. The maximum atomic E-state index is 13.6. The number of aliphatic hydroxyl groups excluding tert-OH is 4. The second kappa shape index (κ2) is 27.3. The molecule has 0 radical (unpaired) electrons. The summed E-state index contributed by atoms with van der Waals surface area (Å²) in [5.41, 5.74) is 1.56. The molecule has 12 unspecified atom stereocenters. The highest BCUT2D eigenvalue weighted by Gasteiger charge is 2.69. The fraction of sp³-hybridized carbons (Fsp3) is 0.457. The minimum absolute atomic E-state index is 0.0131. The van der Waals surface area contributed by atoms with E-state index in [1.165, 1.54) is 29.2 Å². The van der Waals surface area contributed by atoms with Crippen molar-refractivity contribution in [3.8, 4) is 28.7 Å². The van der Waals surface area contributed by atoms with Crippen molar-refractivity contribution in [2.45, 2.75) is 99.7 Å². The molecule has 12 atom stereocenters. The van der Waals surface area contributed by atoms with Crippen molar-refractivity contribution >= 4 is 29.3 Å². The number of anilines is 1. The lowest BCUT2D eigenvalue weighted by Crippen LogP contribution is -2.44. The molecule has 0 aromatic heterocycles. The third-order valence-electron chi connectivity index (χ3n) is 18.1. The first kappa shape index (κ1) is 65.0. The number of phenols is 1. The van der Waals surface area contributed by atoms with Crippen molar-refractivity contribution in [1.29, 1.82) is 0 Å². The maximum Gasteiger partial charge on any atom is 0.241 e. The van der Waals surface area contributed by atoms with Crippen LogP contribution in [0, 0.1) is 23.7 Å². The van der Waals surface area contributed by atoms with Crippen molar-refractivity contribution in [3.05, 3.63) is 168 Å². The van der Waals surface area contributed by atoms with Gasteiger partial charge in [0.2, 0.25) is 23.6 Å². The van der Waals surface area contributed by atoms with Gasteiger partial charge in [0.15, 0.2) is 0 Å². The normalized spacial score (nSPS) is 25.1. The van der Waals surface area contributed by atoms with Gasteiger partial charge in [-0.1, -0.05) is 107 Å². The first-order valence-electron chi connectivity index (χ1n) is 30.9. The molecule has 4 fully saturated rings.